The van der Waals surface area contributed by atoms with E-state index in [1.165, 1.54) is 0 Å². The van der Waals surface area contributed by atoms with Gasteiger partial charge in [0.25, 0.3) is 0 Å². The molecule has 2 aliphatic rings. The number of carbonyl (C=O) groups excluding carboxylic acids is 1. The number of carbonyl (C=O) groups is 2. The SMILES string of the molecule is O=C(O)C1C(Cl)C(Cl)C(Cl)C(Cl)C1C(=O)NCCCNOCC1C(Cl)C(Cl)C(Cl)C(Cl)C1COO. The highest BCUT2D eigenvalue weighted by Crippen LogP contribution is 2.43. The molecule has 0 aromatic carbocycles. The molecule has 1 amide bonds. The summed E-state index contributed by atoms with van der Waals surface area (Å²) in [7, 11) is 0. The Kier molecular flexibility index (Phi) is 13.9. The molecule has 0 aromatic rings. The molecule has 0 saturated heterocycles. The van der Waals surface area contributed by atoms with E-state index >= 15 is 0 Å². The Labute approximate surface area is 243 Å². The van der Waals surface area contributed by atoms with Gasteiger partial charge in [-0.25, -0.2) is 10.4 Å². The number of hydrogen-bond donors (Lipinski definition) is 4. The van der Waals surface area contributed by atoms with E-state index in [1.807, 2.05) is 0 Å². The molecular weight excluding hydrogens is 636 g/mol. The number of hydrogen-bond acceptors (Lipinski definition) is 6. The average Bonchev–Trinajstić information content (AvgIpc) is 2.82. The minimum atomic E-state index is -1.28. The van der Waals surface area contributed by atoms with Crippen LogP contribution in [0.4, 0.5) is 0 Å². The first-order valence-corrected chi connectivity index (χ1v) is 14.2. The fourth-order valence-corrected chi connectivity index (χ4v) is 7.57. The quantitative estimate of drug-likeness (QED) is 0.115. The number of aliphatic carboxylic acids is 1. The Morgan fingerprint density at radius 3 is 1.69 bits per heavy atom. The van der Waals surface area contributed by atoms with Crippen molar-refractivity contribution in [2.45, 2.75) is 49.4 Å². The zero-order valence-corrected chi connectivity index (χ0v) is 24.1. The van der Waals surface area contributed by atoms with Gasteiger partial charge in [-0.3, -0.25) is 14.8 Å². The van der Waals surface area contributed by atoms with Gasteiger partial charge in [0.15, 0.2) is 0 Å². The van der Waals surface area contributed by atoms with Crippen LogP contribution in [0.15, 0.2) is 0 Å². The minimum Gasteiger partial charge on any atom is -0.481 e. The molecule has 0 radical (unpaired) electrons. The largest absolute Gasteiger partial charge is 0.481 e. The van der Waals surface area contributed by atoms with E-state index in [4.69, 9.17) is 103 Å². The van der Waals surface area contributed by atoms with Crippen LogP contribution in [0.3, 0.4) is 0 Å². The van der Waals surface area contributed by atoms with Crippen molar-refractivity contribution in [1.29, 1.82) is 0 Å². The summed E-state index contributed by atoms with van der Waals surface area (Å²) in [5.41, 5.74) is 2.75. The fourth-order valence-electron chi connectivity index (χ4n) is 4.27. The van der Waals surface area contributed by atoms with E-state index in [9.17, 15) is 14.7 Å². The van der Waals surface area contributed by atoms with Crippen molar-refractivity contribution in [3.63, 3.8) is 0 Å². The lowest BCUT2D eigenvalue weighted by molar-refractivity contribution is -0.256. The Hall–Kier alpha value is 1.10. The summed E-state index contributed by atoms with van der Waals surface area (Å²) in [6.45, 7) is 0.580. The second kappa shape index (κ2) is 15.0. The molecular formula is C19H26Cl8N2O6. The smallest absolute Gasteiger partial charge is 0.308 e. The molecule has 2 rings (SSSR count). The standard InChI is InChI=1S/C19H26Cl8N2O6/c20-10-6(7(5-35-33)11(21)15(25)14(10)24)4-34-29-3-1-2-28-18(30)8-9(19(31)32)13(23)17(27)16(26)12(8)22/h6-17,29,33H,1-5H2,(H,28,30)(H,31,32). The van der Waals surface area contributed by atoms with Crippen LogP contribution in [0.1, 0.15) is 6.42 Å². The summed E-state index contributed by atoms with van der Waals surface area (Å²) < 4.78 is 0. The highest BCUT2D eigenvalue weighted by molar-refractivity contribution is 6.40. The third-order valence-corrected chi connectivity index (χ3v) is 11.5. The molecule has 16 heteroatoms. The summed E-state index contributed by atoms with van der Waals surface area (Å²) in [5.74, 6) is -5.02. The number of rotatable bonds is 11. The van der Waals surface area contributed by atoms with Gasteiger partial charge in [-0.2, -0.15) is 0 Å². The van der Waals surface area contributed by atoms with Crippen molar-refractivity contribution in [1.82, 2.24) is 10.8 Å². The molecule has 0 aromatic heterocycles. The van der Waals surface area contributed by atoms with Gasteiger partial charge in [-0.05, 0) is 6.42 Å². The maximum Gasteiger partial charge on any atom is 0.308 e. The topological polar surface area (TPSA) is 117 Å². The number of hydroxylamine groups is 1. The zero-order chi connectivity index (χ0) is 26.4. The van der Waals surface area contributed by atoms with E-state index in [2.05, 4.69) is 15.7 Å². The van der Waals surface area contributed by atoms with Gasteiger partial charge in [0.2, 0.25) is 5.91 Å². The van der Waals surface area contributed by atoms with Gasteiger partial charge in [0.05, 0.1) is 68.1 Å². The molecule has 12 unspecified atom stereocenters. The van der Waals surface area contributed by atoms with Crippen molar-refractivity contribution in [2.24, 2.45) is 23.7 Å². The van der Waals surface area contributed by atoms with Crippen LogP contribution in [0.5, 0.6) is 0 Å². The third-order valence-electron chi connectivity index (χ3n) is 6.25. The first kappa shape index (κ1) is 32.3. The number of carboxylic acids is 1. The number of alkyl halides is 8. The fraction of sp³-hybridized carbons (Fsp3) is 0.895. The predicted molar refractivity (Wildman–Crippen MR) is 139 cm³/mol. The highest BCUT2D eigenvalue weighted by Gasteiger charge is 2.54. The number of carboxylic acid groups (broad SMARTS) is 1. The summed E-state index contributed by atoms with van der Waals surface area (Å²) >= 11 is 50.0. The summed E-state index contributed by atoms with van der Waals surface area (Å²) in [4.78, 5) is 34.1. The molecule has 12 atom stereocenters. The monoisotopic (exact) mass is 658 g/mol. The molecule has 0 aliphatic heterocycles. The van der Waals surface area contributed by atoms with E-state index < -0.39 is 72.6 Å². The lowest BCUT2D eigenvalue weighted by Gasteiger charge is -2.42. The second-order valence-electron chi connectivity index (χ2n) is 8.42. The number of halogens is 8. The van der Waals surface area contributed by atoms with Gasteiger partial charge in [0, 0.05) is 24.9 Å². The van der Waals surface area contributed by atoms with Crippen LogP contribution in [0.25, 0.3) is 0 Å². The van der Waals surface area contributed by atoms with Crippen molar-refractivity contribution >= 4 is 105 Å². The van der Waals surface area contributed by atoms with Crippen molar-refractivity contribution in [2.75, 3.05) is 26.3 Å². The van der Waals surface area contributed by atoms with Gasteiger partial charge in [-0.15, -0.1) is 92.8 Å². The Bertz CT molecular complexity index is 714. The van der Waals surface area contributed by atoms with E-state index in [0.29, 0.717) is 13.0 Å². The van der Waals surface area contributed by atoms with Crippen LogP contribution < -0.4 is 10.8 Å². The lowest BCUT2D eigenvalue weighted by Crippen LogP contribution is -2.57. The molecule has 2 aliphatic carbocycles. The average molecular weight is 662 g/mol. The second-order valence-corrected chi connectivity index (χ2v) is 12.5. The van der Waals surface area contributed by atoms with E-state index in [0.717, 1.165) is 0 Å². The van der Waals surface area contributed by atoms with E-state index in [1.54, 1.807) is 0 Å². The van der Waals surface area contributed by atoms with Crippen molar-refractivity contribution in [3.8, 4) is 0 Å². The molecule has 35 heavy (non-hydrogen) atoms. The summed E-state index contributed by atoms with van der Waals surface area (Å²) in [5, 5.41) is 14.9. The summed E-state index contributed by atoms with van der Waals surface area (Å²) in [6, 6.07) is 0. The van der Waals surface area contributed by atoms with Gasteiger partial charge in [-0.1, -0.05) is 0 Å². The Balaban J connectivity index is 1.79. The molecule has 0 heterocycles. The molecule has 8 nitrogen and oxygen atoms in total. The van der Waals surface area contributed by atoms with E-state index in [-0.39, 0.29) is 25.7 Å². The number of amides is 1. The van der Waals surface area contributed by atoms with Crippen LogP contribution in [-0.4, -0.2) is 91.6 Å². The molecule has 2 saturated carbocycles. The van der Waals surface area contributed by atoms with Crippen LogP contribution >= 0.6 is 92.8 Å². The van der Waals surface area contributed by atoms with Gasteiger partial charge < -0.3 is 15.3 Å². The molecule has 204 valence electrons. The Morgan fingerprint density at radius 1 is 0.686 bits per heavy atom. The molecule has 0 bridgehead atoms. The number of nitrogens with one attached hydrogen (secondary N) is 2. The summed E-state index contributed by atoms with van der Waals surface area (Å²) in [6.07, 6.45) is 0.439. The van der Waals surface area contributed by atoms with Crippen LogP contribution in [-0.2, 0) is 19.3 Å². The highest BCUT2D eigenvalue weighted by atomic mass is 35.5. The molecule has 0 spiro atoms. The zero-order valence-electron chi connectivity index (χ0n) is 18.0. The van der Waals surface area contributed by atoms with Gasteiger partial charge >= 0.3 is 5.97 Å². The maximum atomic E-state index is 12.7. The molecule has 4 N–H and O–H groups in total. The Morgan fingerprint density at radius 2 is 1.17 bits per heavy atom. The van der Waals surface area contributed by atoms with Gasteiger partial charge in [0.1, 0.15) is 0 Å². The van der Waals surface area contributed by atoms with Crippen molar-refractivity contribution in [3.05, 3.63) is 0 Å². The lowest BCUT2D eigenvalue weighted by atomic mass is 9.77. The predicted octanol–water partition coefficient (Wildman–Crippen LogP) is 3.94. The van der Waals surface area contributed by atoms with Crippen LogP contribution in [0.2, 0.25) is 0 Å². The minimum absolute atomic E-state index is 0.0822. The maximum absolute atomic E-state index is 12.7. The van der Waals surface area contributed by atoms with Crippen LogP contribution in [0, 0.1) is 23.7 Å². The first-order chi connectivity index (χ1) is 16.4. The molecule has 2 fully saturated rings. The normalized spacial score (nSPS) is 42.0. The van der Waals surface area contributed by atoms with Crippen molar-refractivity contribution < 1.29 is 29.7 Å². The third kappa shape index (κ3) is 7.83. The first-order valence-electron chi connectivity index (χ1n) is 10.7.